The van der Waals surface area contributed by atoms with Gasteiger partial charge in [0, 0.05) is 180 Å². The van der Waals surface area contributed by atoms with E-state index in [0.29, 0.717) is 53.3 Å². The number of aromatic nitrogens is 9. The van der Waals surface area contributed by atoms with Gasteiger partial charge in [0.15, 0.2) is 0 Å². The van der Waals surface area contributed by atoms with Gasteiger partial charge in [-0.2, -0.15) is 0 Å². The number of likely N-dealkylation sites (N-methyl/N-ethyl adjacent to an activating group) is 2. The molecular formula is C126H193N13O3S2. The van der Waals surface area contributed by atoms with Crippen LogP contribution in [-0.4, -0.2) is 157 Å². The molecule has 13 aromatic rings. The van der Waals surface area contributed by atoms with E-state index in [2.05, 4.69) is 414 Å². The van der Waals surface area contributed by atoms with E-state index in [1.807, 2.05) is 147 Å². The van der Waals surface area contributed by atoms with Gasteiger partial charge < -0.3 is 33.3 Å². The lowest BCUT2D eigenvalue weighted by molar-refractivity contribution is 0.126. The zero-order valence-corrected chi connectivity index (χ0v) is 97.4. The smallest absolute Gasteiger partial charge is 0.250 e. The van der Waals surface area contributed by atoms with E-state index in [1.54, 1.807) is 66.1 Å². The maximum Gasteiger partial charge on any atom is 0.250 e. The fraction of sp³-hybridized carbons (Fsp3) is 0.492. The van der Waals surface area contributed by atoms with Gasteiger partial charge in [-0.1, -0.05) is 307 Å². The van der Waals surface area contributed by atoms with Crippen molar-refractivity contribution in [1.29, 1.82) is 0 Å². The third-order valence-electron chi connectivity index (χ3n) is 22.8. The average molecular weight is 2000 g/mol. The van der Waals surface area contributed by atoms with Crippen LogP contribution >= 0.6 is 22.7 Å². The summed E-state index contributed by atoms with van der Waals surface area (Å²) in [6.45, 7) is 76.9. The monoisotopic (exact) mass is 2000 g/mol. The number of nitrogens with zero attached hydrogens (tertiary/aromatic N) is 13. The van der Waals surface area contributed by atoms with Crippen LogP contribution in [0.2, 0.25) is 0 Å². The molecule has 0 N–H and O–H groups in total. The maximum absolute atomic E-state index is 11.0. The molecule has 0 bridgehead atoms. The van der Waals surface area contributed by atoms with E-state index in [-0.39, 0.29) is 11.6 Å². The molecule has 5 aromatic carbocycles. The average Bonchev–Trinajstić information content (AvgIpc) is 1.49. The van der Waals surface area contributed by atoms with E-state index in [1.165, 1.54) is 131 Å². The number of aryl methyl sites for hydroxylation is 1. The first kappa shape index (κ1) is 132. The summed E-state index contributed by atoms with van der Waals surface area (Å²) in [5.41, 5.74) is 15.5. The van der Waals surface area contributed by atoms with E-state index < -0.39 is 0 Å². The largest absolute Gasteiger partial charge is 0.497 e. The number of methoxy groups -OCH3 is 2. The molecule has 10 heterocycles. The topological polar surface area (TPSA) is 149 Å². The van der Waals surface area contributed by atoms with E-state index in [4.69, 9.17) is 9.47 Å². The Labute approximate surface area is 885 Å². The second-order valence-corrected chi connectivity index (χ2v) is 43.3. The summed E-state index contributed by atoms with van der Waals surface area (Å²) >= 11 is 3.44. The molecule has 8 aromatic heterocycles. The lowest BCUT2D eigenvalue weighted by Gasteiger charge is -2.34. The molecule has 0 spiro atoms. The Kier molecular flexibility index (Phi) is 72.9. The van der Waals surface area contributed by atoms with Crippen LogP contribution in [0.3, 0.4) is 0 Å². The highest BCUT2D eigenvalue weighted by molar-refractivity contribution is 7.09. The van der Waals surface area contributed by atoms with E-state index in [9.17, 15) is 4.79 Å². The molecule has 144 heavy (non-hydrogen) atoms. The van der Waals surface area contributed by atoms with Gasteiger partial charge in [0.05, 0.1) is 24.7 Å². The molecule has 792 valence electrons. The van der Waals surface area contributed by atoms with Crippen molar-refractivity contribution < 1.29 is 9.47 Å². The number of piperazine rings is 2. The number of hydrogen-bond acceptors (Lipinski definition) is 16. The molecule has 0 aliphatic carbocycles. The minimum absolute atomic E-state index is 0.0671. The Morgan fingerprint density at radius 2 is 0.764 bits per heavy atom. The van der Waals surface area contributed by atoms with Gasteiger partial charge in [-0.15, -0.1) is 22.7 Å². The van der Waals surface area contributed by atoms with Crippen molar-refractivity contribution in [2.45, 2.75) is 292 Å². The van der Waals surface area contributed by atoms with Crippen LogP contribution in [0.1, 0.15) is 333 Å². The molecule has 15 rings (SSSR count). The third kappa shape index (κ3) is 65.8. The zero-order chi connectivity index (χ0) is 108. The molecule has 2 aliphatic heterocycles. The molecule has 2 saturated heterocycles. The van der Waals surface area contributed by atoms with Crippen LogP contribution in [0.15, 0.2) is 303 Å². The summed E-state index contributed by atoms with van der Waals surface area (Å²) in [5.74, 6) is 10.4. The molecule has 18 heteroatoms. The normalized spacial score (nSPS) is 12.2. The summed E-state index contributed by atoms with van der Waals surface area (Å²) in [5, 5.41) is 3.24. The standard InChI is InChI=1S/2C10H14O.C10H14.C9H20N2.2C9H13N.2C9H12.C8H18N2.C8H11NO.C8H13N.C8H11N.C7H10N2.2C6H9NS/c1-8(2)9-4-6-10(11-3)7-5-9;1-8(2)9-5-4-6-10(7-9)11-3;1-9(2)8-10-6-4-3-5-7-10;1-9(2)8-11-6-4-10(3)5-7-11;1-8(2)7-9-3-5-10-6-4-9;1-8(2)6-9-4-3-5-10-7-9;2*1-8(2)9-6-4-3-5-7-9;1-8(2)10-6-4-9(3)5-7-10;1-7(2)9-6-4-3-5-8(9)10;1-7(2)8-5-4-6-9(8)3;1-7(2)8-3-5-9-6-4-8;1-6(2)7-3-8-5-9-4-7;1-5(2)6-3-7-4-8-6;1-5(2)6-7-3-4-8-6/h2*4-8H,1-3H3;3-7,9H,8H2,1-2H3;9H,4-8H2,1-3H3;3-6,8H,7H2,1-2H3;3-5,7-8H,6H2,1-2H3;2*3-8H,1-2H3;8H,4-7H2,1-3H3;3-7H,1-2H3;4-7H,1-3H3;3-7H,1-2H3;3-6H,1-2H3;2*3-5H,1-2H3. The predicted octanol–water partition coefficient (Wildman–Crippen LogP) is 32.2. The Hall–Kier alpha value is -10.4. The summed E-state index contributed by atoms with van der Waals surface area (Å²) in [6, 6.07) is 70.8. The number of pyridine rings is 4. The van der Waals surface area contributed by atoms with Crippen molar-refractivity contribution in [3.63, 3.8) is 0 Å². The quantitative estimate of drug-likeness (QED) is 0.0671. The van der Waals surface area contributed by atoms with Crippen molar-refractivity contribution in [3.05, 3.63) is 374 Å². The number of thiazole rings is 2. The molecule has 0 unspecified atom stereocenters. The van der Waals surface area contributed by atoms with E-state index >= 15 is 0 Å². The van der Waals surface area contributed by atoms with Crippen molar-refractivity contribution in [2.75, 3.05) is 87.2 Å². The summed E-state index contributed by atoms with van der Waals surface area (Å²) in [4.78, 5) is 50.1. The van der Waals surface area contributed by atoms with Gasteiger partial charge in [0.2, 0.25) is 0 Å². The molecule has 0 radical (unpaired) electrons. The van der Waals surface area contributed by atoms with Gasteiger partial charge in [-0.25, -0.2) is 15.0 Å². The lowest BCUT2D eigenvalue weighted by atomic mass is 10.0. The first-order valence-electron chi connectivity index (χ1n) is 52.7. The van der Waals surface area contributed by atoms with Gasteiger partial charge in [-0.05, 0) is 255 Å². The Balaban J connectivity index is 0.000000772. The molecule has 2 aliphatic rings. The van der Waals surface area contributed by atoms with Crippen LogP contribution < -0.4 is 15.0 Å². The van der Waals surface area contributed by atoms with Crippen molar-refractivity contribution in [3.8, 4) is 11.5 Å². The van der Waals surface area contributed by atoms with Gasteiger partial charge in [0.1, 0.15) is 17.8 Å². The Bertz CT molecular complexity index is 4780. The SMILES string of the molecule is CC(C)CN1CCN(C)CC1.CC(C)Cc1ccccc1.CC(C)Cc1cccnc1.CC(C)Cc1ccncc1.CC(C)N1CCN(C)CC1.CC(C)c1ccccc1.CC(C)c1ccccc1.CC(C)c1cccn1C.CC(C)c1ccncc1.CC(C)c1cncnc1.CC(C)c1cncs1.CC(C)c1nccs1.CC(C)n1ccccc1=O.COc1ccc(C(C)C)cc1.COc1cccc(C(C)C)c1. The minimum Gasteiger partial charge on any atom is -0.497 e. The number of rotatable bonds is 21. The van der Waals surface area contributed by atoms with Crippen LogP contribution in [-0.2, 0) is 26.3 Å². The lowest BCUT2D eigenvalue weighted by Crippen LogP contribution is -2.47. The van der Waals surface area contributed by atoms with Gasteiger partial charge in [-0.3, -0.25) is 29.6 Å². The molecule has 16 nitrogen and oxygen atoms in total. The number of benzene rings is 5. The summed E-state index contributed by atoms with van der Waals surface area (Å²) in [7, 11) is 9.85. The number of hydrogen-bond donors (Lipinski definition) is 0. The number of ether oxygens (including phenoxy) is 2. The second kappa shape index (κ2) is 79.8. The molecule has 0 atom stereocenters. The first-order valence-corrected chi connectivity index (χ1v) is 54.5. The van der Waals surface area contributed by atoms with Crippen molar-refractivity contribution in [1.82, 2.24) is 63.6 Å². The molecule has 2 fully saturated rings. The van der Waals surface area contributed by atoms with E-state index in [0.717, 1.165) is 54.1 Å². The summed E-state index contributed by atoms with van der Waals surface area (Å²) in [6.07, 6.45) is 27.5. The minimum atomic E-state index is 0.0671. The van der Waals surface area contributed by atoms with Crippen LogP contribution in [0.4, 0.5) is 0 Å². The fourth-order valence-corrected chi connectivity index (χ4v) is 15.2. The zero-order valence-electron chi connectivity index (χ0n) is 95.8. The van der Waals surface area contributed by atoms with Gasteiger partial charge in [0.25, 0.3) is 5.56 Å². The van der Waals surface area contributed by atoms with Crippen LogP contribution in [0, 0.1) is 23.7 Å². The predicted molar refractivity (Wildman–Crippen MR) is 626 cm³/mol. The molecule has 0 saturated carbocycles. The third-order valence-corrected chi connectivity index (χ3v) is 24.9. The van der Waals surface area contributed by atoms with Crippen LogP contribution in [0.25, 0.3) is 0 Å². The fourth-order valence-electron chi connectivity index (χ4n) is 13.9. The highest BCUT2D eigenvalue weighted by atomic mass is 32.1. The highest BCUT2D eigenvalue weighted by Crippen LogP contribution is 2.24. The van der Waals surface area contributed by atoms with Crippen molar-refractivity contribution >= 4 is 22.7 Å². The Morgan fingerprint density at radius 3 is 1.10 bits per heavy atom. The van der Waals surface area contributed by atoms with Crippen molar-refractivity contribution in [2.24, 2.45) is 30.7 Å². The molecule has 0 amide bonds. The summed E-state index contributed by atoms with van der Waals surface area (Å²) < 4.78 is 14.0. The highest BCUT2D eigenvalue weighted by Gasteiger charge is 2.17. The van der Waals surface area contributed by atoms with Crippen LogP contribution in [0.5, 0.6) is 11.5 Å². The maximum atomic E-state index is 11.0. The first-order chi connectivity index (χ1) is 68.5. The Morgan fingerprint density at radius 1 is 0.319 bits per heavy atom. The van der Waals surface area contributed by atoms with Gasteiger partial charge >= 0.3 is 0 Å². The molecular weight excluding hydrogens is 1810 g/mol. The second-order valence-electron chi connectivity index (χ2n) is 41.5.